The molecule has 11 nitrogen and oxygen atoms in total. The number of hydrogen-bond acceptors (Lipinski definition) is 8. The number of aromatic nitrogens is 2. The summed E-state index contributed by atoms with van der Waals surface area (Å²) in [5, 5.41) is 21.6. The average molecular weight is 384 g/mol. The van der Waals surface area contributed by atoms with E-state index in [4.69, 9.17) is 14.6 Å². The molecule has 4 N–H and O–H groups in total. The molecule has 0 spiro atoms. The minimum absolute atomic E-state index is 0.0647. The van der Waals surface area contributed by atoms with Crippen molar-refractivity contribution in [1.29, 1.82) is 0 Å². The fourth-order valence-corrected chi connectivity index (χ4v) is 3.16. The third-order valence-corrected chi connectivity index (χ3v) is 4.72. The maximum atomic E-state index is 12.4. The van der Waals surface area contributed by atoms with Crippen LogP contribution in [0.2, 0.25) is 0 Å². The highest BCUT2D eigenvalue weighted by molar-refractivity contribution is 5.93. The van der Waals surface area contributed by atoms with E-state index in [1.807, 2.05) is 0 Å². The van der Waals surface area contributed by atoms with Crippen LogP contribution in [0.1, 0.15) is 23.0 Å². The summed E-state index contributed by atoms with van der Waals surface area (Å²) in [5.41, 5.74) is -1.76. The van der Waals surface area contributed by atoms with Crippen molar-refractivity contribution in [2.24, 2.45) is 0 Å². The zero-order valence-corrected chi connectivity index (χ0v) is 14.8. The van der Waals surface area contributed by atoms with Crippen molar-refractivity contribution in [2.75, 3.05) is 46.0 Å². The normalized spacial score (nSPS) is 26.2. The molecule has 1 aromatic heterocycles. The number of rotatable bonds is 6. The Morgan fingerprint density at radius 1 is 1.33 bits per heavy atom. The van der Waals surface area contributed by atoms with E-state index in [0.29, 0.717) is 26.3 Å². The van der Waals surface area contributed by atoms with E-state index in [1.165, 1.54) is 0 Å². The number of nitrogens with one attached hydrogen (secondary N) is 2. The number of morpholine rings is 1. The van der Waals surface area contributed by atoms with Gasteiger partial charge >= 0.3 is 5.69 Å². The molecule has 3 atom stereocenters. The molecule has 11 heteroatoms. The number of aromatic amines is 1. The highest BCUT2D eigenvalue weighted by Gasteiger charge is 2.35. The molecule has 150 valence electrons. The lowest BCUT2D eigenvalue weighted by Crippen LogP contribution is -2.43. The molecular weight excluding hydrogens is 360 g/mol. The van der Waals surface area contributed by atoms with Crippen LogP contribution < -0.4 is 16.6 Å². The van der Waals surface area contributed by atoms with Crippen LogP contribution in [0.25, 0.3) is 0 Å². The van der Waals surface area contributed by atoms with Crippen molar-refractivity contribution in [1.82, 2.24) is 19.8 Å². The van der Waals surface area contributed by atoms with Crippen LogP contribution in [0.3, 0.4) is 0 Å². The summed E-state index contributed by atoms with van der Waals surface area (Å²) >= 11 is 0. The second kappa shape index (κ2) is 8.76. The summed E-state index contributed by atoms with van der Waals surface area (Å²) in [6.45, 7) is 3.46. The maximum absolute atomic E-state index is 12.4. The van der Waals surface area contributed by atoms with Crippen molar-refractivity contribution in [3.63, 3.8) is 0 Å². The fourth-order valence-electron chi connectivity index (χ4n) is 3.16. The summed E-state index contributed by atoms with van der Waals surface area (Å²) in [4.78, 5) is 40.6. The first-order valence-corrected chi connectivity index (χ1v) is 8.87. The van der Waals surface area contributed by atoms with Gasteiger partial charge in [-0.15, -0.1) is 0 Å². The standard InChI is InChI=1S/C16H24N4O7/c21-9-12-11(22)7-13(27-12)20-8-10(15(24)18-16(20)25)14(23)17-1-2-19-3-5-26-6-4-19/h8,11-13,21-22H,1-7,9H2,(H,17,23)(H,18,24,25)/t11-,12+,13+/m0/s1. The molecule has 0 unspecified atom stereocenters. The highest BCUT2D eigenvalue weighted by Crippen LogP contribution is 2.27. The zero-order valence-electron chi connectivity index (χ0n) is 14.8. The van der Waals surface area contributed by atoms with Gasteiger partial charge in [0.25, 0.3) is 11.5 Å². The summed E-state index contributed by atoms with van der Waals surface area (Å²) < 4.78 is 11.7. The number of H-pyrrole nitrogens is 1. The number of aliphatic hydroxyl groups is 2. The minimum Gasteiger partial charge on any atom is -0.394 e. The van der Waals surface area contributed by atoms with Gasteiger partial charge in [-0.1, -0.05) is 0 Å². The molecule has 0 aliphatic carbocycles. The Balaban J connectivity index is 1.67. The average Bonchev–Trinajstić information content (AvgIpc) is 3.03. The number of ether oxygens (including phenoxy) is 2. The Hall–Kier alpha value is -2.05. The minimum atomic E-state index is -0.940. The van der Waals surface area contributed by atoms with E-state index in [9.17, 15) is 19.5 Å². The summed E-state index contributed by atoms with van der Waals surface area (Å²) in [7, 11) is 0. The number of carbonyl (C=O) groups excluding carboxylic acids is 1. The molecule has 0 saturated carbocycles. The molecule has 0 aromatic carbocycles. The van der Waals surface area contributed by atoms with E-state index in [0.717, 1.165) is 23.9 Å². The molecule has 0 bridgehead atoms. The van der Waals surface area contributed by atoms with Crippen LogP contribution in [0.15, 0.2) is 15.8 Å². The Labute approximate surface area is 154 Å². The maximum Gasteiger partial charge on any atom is 0.330 e. The van der Waals surface area contributed by atoms with Crippen molar-refractivity contribution >= 4 is 5.91 Å². The first kappa shape index (κ1) is 19.7. The van der Waals surface area contributed by atoms with Crippen molar-refractivity contribution in [3.05, 3.63) is 32.6 Å². The largest absolute Gasteiger partial charge is 0.394 e. The topological polar surface area (TPSA) is 146 Å². The summed E-state index contributed by atoms with van der Waals surface area (Å²) in [6, 6.07) is 0. The number of hydrogen-bond donors (Lipinski definition) is 4. The SMILES string of the molecule is O=C(NCCN1CCOCC1)c1cn([C@H]2C[C@H](O)[C@@H](CO)O2)c(=O)[nH]c1=O. The van der Waals surface area contributed by atoms with Gasteiger partial charge in [-0.05, 0) is 0 Å². The molecule has 1 aromatic rings. The summed E-state index contributed by atoms with van der Waals surface area (Å²) in [6.07, 6.45) is -1.44. The van der Waals surface area contributed by atoms with E-state index in [2.05, 4.69) is 15.2 Å². The van der Waals surface area contributed by atoms with Gasteiger partial charge < -0.3 is 25.0 Å². The molecule has 2 aliphatic rings. The lowest BCUT2D eigenvalue weighted by atomic mass is 10.2. The quantitative estimate of drug-likeness (QED) is 0.413. The third kappa shape index (κ3) is 4.62. The van der Waals surface area contributed by atoms with Gasteiger partial charge in [0.15, 0.2) is 0 Å². The number of aliphatic hydroxyl groups excluding tert-OH is 2. The molecule has 0 radical (unpaired) electrons. The van der Waals surface area contributed by atoms with Gasteiger partial charge in [-0.25, -0.2) is 4.79 Å². The lowest BCUT2D eigenvalue weighted by molar-refractivity contribution is -0.0459. The van der Waals surface area contributed by atoms with Gasteiger partial charge in [0, 0.05) is 38.8 Å². The Kier molecular flexibility index (Phi) is 6.39. The summed E-state index contributed by atoms with van der Waals surface area (Å²) in [5.74, 6) is -0.601. The van der Waals surface area contributed by atoms with Gasteiger partial charge in [0.05, 0.1) is 25.9 Å². The van der Waals surface area contributed by atoms with Crippen LogP contribution in [0.5, 0.6) is 0 Å². The third-order valence-electron chi connectivity index (χ3n) is 4.72. The van der Waals surface area contributed by atoms with Crippen LogP contribution in [-0.4, -0.2) is 88.8 Å². The van der Waals surface area contributed by atoms with Crippen molar-refractivity contribution in [3.8, 4) is 0 Å². The van der Waals surface area contributed by atoms with Crippen LogP contribution >= 0.6 is 0 Å². The molecule has 2 saturated heterocycles. The van der Waals surface area contributed by atoms with E-state index >= 15 is 0 Å². The molecular formula is C16H24N4O7. The first-order valence-electron chi connectivity index (χ1n) is 8.87. The van der Waals surface area contributed by atoms with Crippen LogP contribution in [0.4, 0.5) is 0 Å². The van der Waals surface area contributed by atoms with Crippen molar-refractivity contribution in [2.45, 2.75) is 24.9 Å². The molecule has 3 heterocycles. The number of carbonyl (C=O) groups is 1. The number of nitrogens with zero attached hydrogens (tertiary/aromatic N) is 2. The van der Waals surface area contributed by atoms with E-state index in [1.54, 1.807) is 0 Å². The van der Waals surface area contributed by atoms with Crippen LogP contribution in [0, 0.1) is 0 Å². The van der Waals surface area contributed by atoms with Crippen molar-refractivity contribution < 1.29 is 24.5 Å². The Morgan fingerprint density at radius 2 is 2.07 bits per heavy atom. The lowest BCUT2D eigenvalue weighted by Gasteiger charge is -2.26. The monoisotopic (exact) mass is 384 g/mol. The van der Waals surface area contributed by atoms with Gasteiger partial charge in [-0.2, -0.15) is 0 Å². The smallest absolute Gasteiger partial charge is 0.330 e. The number of amides is 1. The van der Waals surface area contributed by atoms with Gasteiger partial charge in [0.1, 0.15) is 17.9 Å². The van der Waals surface area contributed by atoms with Crippen LogP contribution in [-0.2, 0) is 9.47 Å². The zero-order chi connectivity index (χ0) is 19.4. The van der Waals surface area contributed by atoms with Gasteiger partial charge in [-0.3, -0.25) is 24.0 Å². The Bertz CT molecular complexity index is 771. The van der Waals surface area contributed by atoms with E-state index in [-0.39, 0.29) is 12.0 Å². The predicted octanol–water partition coefficient (Wildman–Crippen LogP) is -2.76. The second-order valence-electron chi connectivity index (χ2n) is 6.53. The molecule has 3 rings (SSSR count). The predicted molar refractivity (Wildman–Crippen MR) is 92.5 cm³/mol. The first-order chi connectivity index (χ1) is 13.0. The van der Waals surface area contributed by atoms with Gasteiger partial charge in [0.2, 0.25) is 0 Å². The molecule has 27 heavy (non-hydrogen) atoms. The molecule has 2 fully saturated rings. The highest BCUT2D eigenvalue weighted by atomic mass is 16.5. The molecule has 2 aliphatic heterocycles. The molecule has 1 amide bonds. The van der Waals surface area contributed by atoms with E-state index < -0.39 is 42.2 Å². The fraction of sp³-hybridized carbons (Fsp3) is 0.688. The Morgan fingerprint density at radius 3 is 2.74 bits per heavy atom. The second-order valence-corrected chi connectivity index (χ2v) is 6.53.